The molecule has 2 amide bonds. The Morgan fingerprint density at radius 3 is 2.29 bits per heavy atom. The van der Waals surface area contributed by atoms with Crippen LogP contribution >= 0.6 is 0 Å². The van der Waals surface area contributed by atoms with E-state index in [0.717, 1.165) is 12.8 Å². The van der Waals surface area contributed by atoms with Crippen molar-refractivity contribution in [2.75, 3.05) is 6.54 Å². The smallest absolute Gasteiger partial charge is 0.310 e. The first-order valence-corrected chi connectivity index (χ1v) is 5.75. The third-order valence-corrected chi connectivity index (χ3v) is 3.21. The third-order valence-electron chi connectivity index (χ3n) is 3.21. The molecule has 0 spiro atoms. The summed E-state index contributed by atoms with van der Waals surface area (Å²) in [5.74, 6) is -1.71. The van der Waals surface area contributed by atoms with E-state index in [2.05, 4.69) is 5.32 Å². The minimum Gasteiger partial charge on any atom is -0.481 e. The van der Waals surface area contributed by atoms with E-state index in [-0.39, 0.29) is 25.3 Å². The van der Waals surface area contributed by atoms with Gasteiger partial charge in [-0.15, -0.1) is 0 Å². The average molecular weight is 242 g/mol. The number of carbonyl (C=O) groups is 3. The molecule has 0 aromatic carbocycles. The van der Waals surface area contributed by atoms with Crippen LogP contribution < -0.4 is 11.1 Å². The van der Waals surface area contributed by atoms with Crippen LogP contribution in [0.3, 0.4) is 0 Å². The zero-order chi connectivity index (χ0) is 12.9. The molecule has 1 fully saturated rings. The second-order valence-electron chi connectivity index (χ2n) is 4.54. The Labute approximate surface area is 99.6 Å². The van der Waals surface area contributed by atoms with Crippen molar-refractivity contribution in [3.05, 3.63) is 0 Å². The fourth-order valence-electron chi connectivity index (χ4n) is 2.21. The molecule has 0 atom stereocenters. The number of nitrogens with two attached hydrogens (primary N) is 1. The van der Waals surface area contributed by atoms with Gasteiger partial charge in [0, 0.05) is 19.4 Å². The van der Waals surface area contributed by atoms with Gasteiger partial charge in [0.2, 0.25) is 11.8 Å². The normalized spacial score (nSPS) is 17.6. The molecule has 0 saturated heterocycles. The fourth-order valence-corrected chi connectivity index (χ4v) is 2.21. The highest BCUT2D eigenvalue weighted by Gasteiger charge is 2.42. The van der Waals surface area contributed by atoms with Gasteiger partial charge in [0.15, 0.2) is 0 Å². The quantitative estimate of drug-likeness (QED) is 0.609. The van der Waals surface area contributed by atoms with Crippen molar-refractivity contribution in [2.24, 2.45) is 11.1 Å². The van der Waals surface area contributed by atoms with E-state index in [0.29, 0.717) is 12.8 Å². The van der Waals surface area contributed by atoms with Gasteiger partial charge in [0.1, 0.15) is 0 Å². The lowest BCUT2D eigenvalue weighted by Crippen LogP contribution is -2.36. The first-order chi connectivity index (χ1) is 7.96. The van der Waals surface area contributed by atoms with Crippen molar-refractivity contribution in [1.82, 2.24) is 5.32 Å². The minimum atomic E-state index is -0.906. The number of nitrogens with one attached hydrogen (secondary N) is 1. The summed E-state index contributed by atoms with van der Waals surface area (Å²) in [6.45, 7) is 0.171. The summed E-state index contributed by atoms with van der Waals surface area (Å²) < 4.78 is 0. The molecule has 0 aromatic heterocycles. The molecule has 4 N–H and O–H groups in total. The van der Waals surface area contributed by atoms with E-state index in [9.17, 15) is 19.5 Å². The molecule has 0 aliphatic heterocycles. The summed E-state index contributed by atoms with van der Waals surface area (Å²) in [5, 5.41) is 11.7. The molecular formula is C11H18N2O4. The largest absolute Gasteiger partial charge is 0.481 e. The standard InChI is InChI=1S/C11H18N2O4/c12-8(14)3-6-13-9(15)7-11(10(16)17)4-1-2-5-11/h1-7H2,(H2,12,14)(H,13,15)(H,16,17). The third kappa shape index (κ3) is 3.72. The summed E-state index contributed by atoms with van der Waals surface area (Å²) in [7, 11) is 0. The fraction of sp³-hybridized carbons (Fsp3) is 0.727. The van der Waals surface area contributed by atoms with Crippen molar-refractivity contribution >= 4 is 17.8 Å². The van der Waals surface area contributed by atoms with Gasteiger partial charge in [-0.1, -0.05) is 12.8 Å². The molecule has 1 aliphatic rings. The van der Waals surface area contributed by atoms with E-state index in [1.54, 1.807) is 0 Å². The summed E-state index contributed by atoms with van der Waals surface area (Å²) >= 11 is 0. The Bertz CT molecular complexity index is 321. The van der Waals surface area contributed by atoms with Gasteiger partial charge in [0.25, 0.3) is 0 Å². The molecule has 0 unspecified atom stereocenters. The zero-order valence-corrected chi connectivity index (χ0v) is 9.70. The van der Waals surface area contributed by atoms with Crippen LogP contribution in [0, 0.1) is 5.41 Å². The van der Waals surface area contributed by atoms with E-state index in [1.165, 1.54) is 0 Å². The maximum Gasteiger partial charge on any atom is 0.310 e. The Morgan fingerprint density at radius 1 is 1.24 bits per heavy atom. The molecule has 1 aliphatic carbocycles. The molecule has 6 nitrogen and oxygen atoms in total. The molecule has 0 bridgehead atoms. The highest BCUT2D eigenvalue weighted by molar-refractivity contribution is 5.85. The highest BCUT2D eigenvalue weighted by Crippen LogP contribution is 2.41. The first kappa shape index (κ1) is 13.5. The summed E-state index contributed by atoms with van der Waals surface area (Å²) in [6, 6.07) is 0. The molecule has 96 valence electrons. The van der Waals surface area contributed by atoms with Crippen LogP contribution in [0.1, 0.15) is 38.5 Å². The van der Waals surface area contributed by atoms with Crippen molar-refractivity contribution in [3.63, 3.8) is 0 Å². The second kappa shape index (κ2) is 5.65. The molecule has 0 heterocycles. The number of carboxylic acid groups (broad SMARTS) is 1. The number of hydrogen-bond donors (Lipinski definition) is 3. The summed E-state index contributed by atoms with van der Waals surface area (Å²) in [4.78, 5) is 33.2. The van der Waals surface area contributed by atoms with Crippen molar-refractivity contribution < 1.29 is 19.5 Å². The van der Waals surface area contributed by atoms with E-state index in [4.69, 9.17) is 5.73 Å². The summed E-state index contributed by atoms with van der Waals surface area (Å²) in [6.07, 6.45) is 2.85. The maximum atomic E-state index is 11.6. The van der Waals surface area contributed by atoms with Gasteiger partial charge < -0.3 is 16.2 Å². The van der Waals surface area contributed by atoms with Crippen LogP contribution in [0.15, 0.2) is 0 Å². The first-order valence-electron chi connectivity index (χ1n) is 5.75. The van der Waals surface area contributed by atoms with Gasteiger partial charge in [-0.05, 0) is 12.8 Å². The van der Waals surface area contributed by atoms with Crippen LogP contribution in [-0.2, 0) is 14.4 Å². The van der Waals surface area contributed by atoms with Crippen LogP contribution in [0.4, 0.5) is 0 Å². The van der Waals surface area contributed by atoms with Crippen LogP contribution in [0.5, 0.6) is 0 Å². The average Bonchev–Trinajstić information content (AvgIpc) is 2.66. The highest BCUT2D eigenvalue weighted by atomic mass is 16.4. The van der Waals surface area contributed by atoms with E-state index in [1.807, 2.05) is 0 Å². The molecule has 1 saturated carbocycles. The van der Waals surface area contributed by atoms with E-state index >= 15 is 0 Å². The molecule has 6 heteroatoms. The monoisotopic (exact) mass is 242 g/mol. The number of carboxylic acids is 1. The predicted molar refractivity (Wildman–Crippen MR) is 60.0 cm³/mol. The lowest BCUT2D eigenvalue weighted by atomic mass is 9.82. The van der Waals surface area contributed by atoms with Crippen molar-refractivity contribution in [2.45, 2.75) is 38.5 Å². The molecular weight excluding hydrogens is 224 g/mol. The number of rotatable bonds is 6. The number of hydrogen-bond acceptors (Lipinski definition) is 3. The molecule has 17 heavy (non-hydrogen) atoms. The Morgan fingerprint density at radius 2 is 1.82 bits per heavy atom. The Hall–Kier alpha value is -1.59. The van der Waals surface area contributed by atoms with Crippen molar-refractivity contribution in [1.29, 1.82) is 0 Å². The molecule has 0 radical (unpaired) electrons. The topological polar surface area (TPSA) is 109 Å². The lowest BCUT2D eigenvalue weighted by molar-refractivity contribution is -0.151. The Balaban J connectivity index is 2.43. The predicted octanol–water partition coefficient (Wildman–Crippen LogP) is 0.0131. The van der Waals surface area contributed by atoms with Crippen LogP contribution in [0.25, 0.3) is 0 Å². The maximum absolute atomic E-state index is 11.6. The minimum absolute atomic E-state index is 0.0128. The second-order valence-corrected chi connectivity index (χ2v) is 4.54. The molecule has 0 aromatic rings. The number of carbonyl (C=O) groups excluding carboxylic acids is 2. The van der Waals surface area contributed by atoms with Gasteiger partial charge in [-0.2, -0.15) is 0 Å². The SMILES string of the molecule is NC(=O)CCNC(=O)CC1(C(=O)O)CCCC1. The van der Waals surface area contributed by atoms with Gasteiger partial charge in [-0.25, -0.2) is 0 Å². The number of aliphatic carboxylic acids is 1. The number of amides is 2. The lowest BCUT2D eigenvalue weighted by Gasteiger charge is -2.22. The summed E-state index contributed by atoms with van der Waals surface area (Å²) in [5.41, 5.74) is 4.03. The van der Waals surface area contributed by atoms with Crippen LogP contribution in [0.2, 0.25) is 0 Å². The molecule has 1 rings (SSSR count). The number of primary amides is 1. The van der Waals surface area contributed by atoms with Gasteiger partial charge in [-0.3, -0.25) is 14.4 Å². The van der Waals surface area contributed by atoms with Gasteiger partial charge >= 0.3 is 5.97 Å². The van der Waals surface area contributed by atoms with Crippen LogP contribution in [-0.4, -0.2) is 29.4 Å². The van der Waals surface area contributed by atoms with E-state index < -0.39 is 17.3 Å². The Kier molecular flexibility index (Phi) is 4.48. The zero-order valence-electron chi connectivity index (χ0n) is 9.70. The van der Waals surface area contributed by atoms with Gasteiger partial charge in [0.05, 0.1) is 5.41 Å². The van der Waals surface area contributed by atoms with Crippen molar-refractivity contribution in [3.8, 4) is 0 Å².